The molecule has 1 aliphatic heterocycles. The van der Waals surface area contributed by atoms with Crippen LogP contribution in [0.4, 0.5) is 4.79 Å². The Balaban J connectivity index is 2.24. The highest BCUT2D eigenvalue weighted by molar-refractivity contribution is 7.51. The van der Waals surface area contributed by atoms with Crippen LogP contribution in [0.3, 0.4) is 0 Å². The Hall–Kier alpha value is -0.670. The van der Waals surface area contributed by atoms with Crippen molar-refractivity contribution in [2.24, 2.45) is 0 Å². The van der Waals surface area contributed by atoms with Crippen LogP contribution in [0.15, 0.2) is 0 Å². The van der Waals surface area contributed by atoms with Gasteiger partial charge in [0.2, 0.25) is 0 Å². The highest BCUT2D eigenvalue weighted by atomic mass is 31.1. The topological polar surface area (TPSA) is 67.4 Å². The van der Waals surface area contributed by atoms with Gasteiger partial charge in [-0.15, -0.1) is 0 Å². The normalized spacial score (nSPS) is 23.1. The summed E-state index contributed by atoms with van der Waals surface area (Å²) in [4.78, 5) is 21.9. The van der Waals surface area contributed by atoms with Gasteiger partial charge in [0.05, 0.1) is 0 Å². The van der Waals surface area contributed by atoms with Crippen molar-refractivity contribution in [2.45, 2.75) is 19.4 Å². The largest absolute Gasteiger partial charge is 0.360 e. The summed E-state index contributed by atoms with van der Waals surface area (Å²) >= 11 is 0. The van der Waals surface area contributed by atoms with E-state index in [0.717, 1.165) is 6.16 Å². The van der Waals surface area contributed by atoms with E-state index >= 15 is 0 Å². The van der Waals surface area contributed by atoms with Crippen molar-refractivity contribution >= 4 is 20.1 Å². The van der Waals surface area contributed by atoms with Gasteiger partial charge in [-0.05, 0) is 26.2 Å². The van der Waals surface area contributed by atoms with Gasteiger partial charge in [-0.2, -0.15) is 0 Å². The van der Waals surface area contributed by atoms with Crippen molar-refractivity contribution in [1.82, 2.24) is 10.6 Å². The average Bonchev–Trinajstić information content (AvgIpc) is 2.42. The molecule has 1 rings (SSSR count). The highest BCUT2D eigenvalue weighted by Crippen LogP contribution is 2.32. The fourth-order valence-electron chi connectivity index (χ4n) is 1.26. The summed E-state index contributed by atoms with van der Waals surface area (Å²) in [6, 6.07) is -0.759. The Morgan fingerprint density at radius 3 is 2.71 bits per heavy atom. The summed E-state index contributed by atoms with van der Waals surface area (Å²) in [5.74, 6) is -0.227. The molecule has 3 amide bonds. The van der Waals surface area contributed by atoms with Gasteiger partial charge >= 0.3 is 6.03 Å². The summed E-state index contributed by atoms with van der Waals surface area (Å²) in [6.45, 7) is 4.67. The second-order valence-electron chi connectivity index (χ2n) is 3.07. The molecule has 1 heterocycles. The zero-order valence-corrected chi connectivity index (χ0v) is 9.27. The fourth-order valence-corrected chi connectivity index (χ4v) is 2.45. The summed E-state index contributed by atoms with van der Waals surface area (Å²) in [5.41, 5.74) is 0. The van der Waals surface area contributed by atoms with Gasteiger partial charge in [-0.1, -0.05) is 0 Å². The van der Waals surface area contributed by atoms with Crippen LogP contribution < -0.4 is 10.6 Å². The van der Waals surface area contributed by atoms with Gasteiger partial charge in [0.1, 0.15) is 6.04 Å². The number of hydrogen-bond acceptors (Lipinski definition) is 3. The first-order valence-electron chi connectivity index (χ1n) is 4.59. The van der Waals surface area contributed by atoms with Gasteiger partial charge < -0.3 is 9.84 Å². The van der Waals surface area contributed by atoms with E-state index in [0.29, 0.717) is 13.0 Å². The molecule has 1 fully saturated rings. The molecule has 0 aromatic rings. The van der Waals surface area contributed by atoms with E-state index < -0.39 is 14.2 Å². The van der Waals surface area contributed by atoms with E-state index in [9.17, 15) is 9.59 Å². The van der Waals surface area contributed by atoms with Crippen molar-refractivity contribution in [1.29, 1.82) is 0 Å². The van der Waals surface area contributed by atoms with E-state index in [1.165, 1.54) is 0 Å². The summed E-state index contributed by atoms with van der Waals surface area (Å²) in [5, 5.41) is 4.76. The van der Waals surface area contributed by atoms with Crippen LogP contribution in [-0.2, 0) is 9.32 Å². The van der Waals surface area contributed by atoms with Crippen molar-refractivity contribution in [2.75, 3.05) is 19.4 Å². The molecule has 1 aliphatic rings. The van der Waals surface area contributed by atoms with Gasteiger partial charge in [0.15, 0.2) is 0 Å². The smallest absolute Gasteiger partial charge is 0.322 e. The SMILES string of the molecule is CCOP(C)CCC1NC(=O)NC1=O. The molecule has 1 saturated heterocycles. The zero-order chi connectivity index (χ0) is 10.6. The number of hydrogen-bond donors (Lipinski definition) is 2. The minimum atomic E-state index is -0.461. The first-order chi connectivity index (χ1) is 6.63. The molecule has 0 bridgehead atoms. The third kappa shape index (κ3) is 3.24. The van der Waals surface area contributed by atoms with Crippen molar-refractivity contribution in [3.05, 3.63) is 0 Å². The molecule has 0 spiro atoms. The third-order valence-electron chi connectivity index (χ3n) is 1.94. The maximum Gasteiger partial charge on any atom is 0.322 e. The predicted octanol–water partition coefficient (Wildman–Crippen LogP) is 0.648. The minimum absolute atomic E-state index is 0.227. The average molecular weight is 218 g/mol. The number of amides is 3. The van der Waals surface area contributed by atoms with E-state index in [1.54, 1.807) is 0 Å². The molecule has 80 valence electrons. The number of imide groups is 1. The van der Waals surface area contributed by atoms with Crippen LogP contribution >= 0.6 is 8.15 Å². The Bertz CT molecular complexity index is 235. The zero-order valence-electron chi connectivity index (χ0n) is 8.37. The molecule has 14 heavy (non-hydrogen) atoms. The van der Waals surface area contributed by atoms with Gasteiger partial charge in [-0.25, -0.2) is 4.79 Å². The Kier molecular flexibility index (Phi) is 4.29. The molecule has 2 N–H and O–H groups in total. The van der Waals surface area contributed by atoms with Crippen molar-refractivity contribution < 1.29 is 14.1 Å². The molecule has 2 atom stereocenters. The maximum atomic E-state index is 11.1. The van der Waals surface area contributed by atoms with Crippen molar-refractivity contribution in [3.8, 4) is 0 Å². The lowest BCUT2D eigenvalue weighted by Gasteiger charge is -2.12. The Morgan fingerprint density at radius 2 is 2.21 bits per heavy atom. The van der Waals surface area contributed by atoms with Crippen LogP contribution in [0.2, 0.25) is 0 Å². The lowest BCUT2D eigenvalue weighted by Crippen LogP contribution is -2.29. The van der Waals surface area contributed by atoms with Crippen LogP contribution in [0.1, 0.15) is 13.3 Å². The Labute approximate surface area is 84.4 Å². The molecule has 2 unspecified atom stereocenters. The summed E-state index contributed by atoms with van der Waals surface area (Å²) in [7, 11) is -0.461. The summed E-state index contributed by atoms with van der Waals surface area (Å²) in [6.07, 6.45) is 1.49. The van der Waals surface area contributed by atoms with Crippen LogP contribution in [0, 0.1) is 0 Å². The van der Waals surface area contributed by atoms with Gasteiger partial charge in [0, 0.05) is 14.8 Å². The molecule has 0 aromatic heterocycles. The number of urea groups is 1. The maximum absolute atomic E-state index is 11.1. The lowest BCUT2D eigenvalue weighted by molar-refractivity contribution is -0.120. The molecule has 0 aliphatic carbocycles. The van der Waals surface area contributed by atoms with E-state index in [-0.39, 0.29) is 11.9 Å². The Morgan fingerprint density at radius 1 is 1.50 bits per heavy atom. The van der Waals surface area contributed by atoms with Crippen LogP contribution in [0.5, 0.6) is 0 Å². The highest BCUT2D eigenvalue weighted by Gasteiger charge is 2.29. The number of carbonyl (C=O) groups excluding carboxylic acids is 2. The minimum Gasteiger partial charge on any atom is -0.360 e. The molecule has 0 aromatic carbocycles. The molecule has 0 saturated carbocycles. The van der Waals surface area contributed by atoms with E-state index in [4.69, 9.17) is 4.52 Å². The number of carbonyl (C=O) groups is 2. The summed E-state index contributed by atoms with van der Waals surface area (Å²) < 4.78 is 5.38. The molecule has 6 heteroatoms. The standard InChI is InChI=1S/C8H15N2O3P/c1-3-13-14(2)5-4-6-7(11)10-8(12)9-6/h6H,3-5H2,1-2H3,(H2,9,10,11,12). The van der Waals surface area contributed by atoms with Gasteiger partial charge in [-0.3, -0.25) is 10.1 Å². The molecule has 0 radical (unpaired) electrons. The first kappa shape index (κ1) is 11.4. The lowest BCUT2D eigenvalue weighted by atomic mass is 10.2. The predicted molar refractivity (Wildman–Crippen MR) is 54.4 cm³/mol. The quantitative estimate of drug-likeness (QED) is 0.526. The second-order valence-corrected chi connectivity index (χ2v) is 5.03. The second kappa shape index (κ2) is 5.27. The third-order valence-corrected chi connectivity index (χ3v) is 3.53. The number of rotatable bonds is 5. The number of nitrogens with one attached hydrogen (secondary N) is 2. The molecule has 5 nitrogen and oxygen atoms in total. The first-order valence-corrected chi connectivity index (χ1v) is 6.48. The van der Waals surface area contributed by atoms with Crippen LogP contribution in [0.25, 0.3) is 0 Å². The fraction of sp³-hybridized carbons (Fsp3) is 0.750. The van der Waals surface area contributed by atoms with E-state index in [2.05, 4.69) is 10.6 Å². The van der Waals surface area contributed by atoms with Crippen LogP contribution in [-0.4, -0.2) is 37.4 Å². The van der Waals surface area contributed by atoms with Crippen molar-refractivity contribution in [3.63, 3.8) is 0 Å². The monoisotopic (exact) mass is 218 g/mol. The van der Waals surface area contributed by atoms with Gasteiger partial charge in [0.25, 0.3) is 5.91 Å². The van der Waals surface area contributed by atoms with E-state index in [1.807, 2.05) is 13.6 Å². The molecular formula is C8H15N2O3P. The molecular weight excluding hydrogens is 203 g/mol.